The number of hydrogen-bond donors (Lipinski definition) is 1. The smallest absolute Gasteiger partial charge is 0.133 e. The van der Waals surface area contributed by atoms with Gasteiger partial charge in [-0.1, -0.05) is 0 Å². The molecule has 2 rings (SSSR count). The summed E-state index contributed by atoms with van der Waals surface area (Å²) < 4.78 is 45.1. The third-order valence-electron chi connectivity index (χ3n) is 3.34. The van der Waals surface area contributed by atoms with E-state index in [4.69, 9.17) is 10.5 Å². The van der Waals surface area contributed by atoms with E-state index >= 15 is 0 Å². The second kappa shape index (κ2) is 5.71. The standard InChI is InChI=1S/C13H16F3NO/c14-9-6-10(15)13(11(16)7-9)12(17)5-8-1-3-18-4-2-8/h6-8,12H,1-5,17H2. The van der Waals surface area contributed by atoms with Gasteiger partial charge in [-0.2, -0.15) is 0 Å². The normalized spacial score (nSPS) is 18.9. The minimum absolute atomic E-state index is 0.220. The van der Waals surface area contributed by atoms with Gasteiger partial charge in [-0.25, -0.2) is 13.2 Å². The molecular weight excluding hydrogens is 243 g/mol. The van der Waals surface area contributed by atoms with Gasteiger partial charge in [-0.3, -0.25) is 0 Å². The van der Waals surface area contributed by atoms with E-state index in [1.807, 2.05) is 0 Å². The molecule has 18 heavy (non-hydrogen) atoms. The van der Waals surface area contributed by atoms with Gasteiger partial charge < -0.3 is 10.5 Å². The highest BCUT2D eigenvalue weighted by Crippen LogP contribution is 2.29. The molecule has 1 aromatic rings. The van der Waals surface area contributed by atoms with Gasteiger partial charge in [0.25, 0.3) is 0 Å². The average Bonchev–Trinajstić information content (AvgIpc) is 2.28. The molecule has 0 bridgehead atoms. The van der Waals surface area contributed by atoms with Gasteiger partial charge in [0.1, 0.15) is 17.5 Å². The lowest BCUT2D eigenvalue weighted by molar-refractivity contribution is 0.0616. The molecule has 0 aliphatic carbocycles. The van der Waals surface area contributed by atoms with Crippen LogP contribution in [-0.2, 0) is 4.74 Å². The monoisotopic (exact) mass is 259 g/mol. The summed E-state index contributed by atoms with van der Waals surface area (Å²) in [5.74, 6) is -2.44. The summed E-state index contributed by atoms with van der Waals surface area (Å²) in [7, 11) is 0. The van der Waals surface area contributed by atoms with Crippen LogP contribution in [0, 0.1) is 23.4 Å². The van der Waals surface area contributed by atoms with Gasteiger partial charge in [0.15, 0.2) is 0 Å². The highest BCUT2D eigenvalue weighted by atomic mass is 19.1. The van der Waals surface area contributed by atoms with Crippen molar-refractivity contribution in [3.05, 3.63) is 35.1 Å². The zero-order valence-electron chi connectivity index (χ0n) is 9.96. The Kier molecular flexibility index (Phi) is 4.24. The van der Waals surface area contributed by atoms with Crippen LogP contribution in [0.3, 0.4) is 0 Å². The van der Waals surface area contributed by atoms with E-state index in [2.05, 4.69) is 0 Å². The van der Waals surface area contributed by atoms with Crippen LogP contribution < -0.4 is 5.73 Å². The number of ether oxygens (including phenoxy) is 1. The molecule has 2 nitrogen and oxygen atoms in total. The molecule has 0 radical (unpaired) electrons. The summed E-state index contributed by atoms with van der Waals surface area (Å²) in [4.78, 5) is 0. The van der Waals surface area contributed by atoms with Crippen LogP contribution >= 0.6 is 0 Å². The van der Waals surface area contributed by atoms with E-state index in [0.29, 0.717) is 37.7 Å². The lowest BCUT2D eigenvalue weighted by Gasteiger charge is -2.25. The highest BCUT2D eigenvalue weighted by Gasteiger charge is 2.23. The van der Waals surface area contributed by atoms with E-state index in [9.17, 15) is 13.2 Å². The summed E-state index contributed by atoms with van der Waals surface area (Å²) >= 11 is 0. The van der Waals surface area contributed by atoms with Crippen LogP contribution in [-0.4, -0.2) is 13.2 Å². The Hall–Kier alpha value is -1.07. The quantitative estimate of drug-likeness (QED) is 0.905. The van der Waals surface area contributed by atoms with Gasteiger partial charge in [0.05, 0.1) is 0 Å². The molecule has 0 aromatic heterocycles. The molecule has 1 saturated heterocycles. The lowest BCUT2D eigenvalue weighted by Crippen LogP contribution is -2.23. The molecule has 1 unspecified atom stereocenters. The van der Waals surface area contributed by atoms with Crippen LogP contribution in [0.1, 0.15) is 30.9 Å². The largest absolute Gasteiger partial charge is 0.381 e. The van der Waals surface area contributed by atoms with Crippen molar-refractivity contribution in [2.45, 2.75) is 25.3 Å². The van der Waals surface area contributed by atoms with E-state index < -0.39 is 23.5 Å². The molecule has 5 heteroatoms. The first-order valence-electron chi connectivity index (χ1n) is 6.05. The minimum atomic E-state index is -0.924. The Morgan fingerprint density at radius 2 is 1.72 bits per heavy atom. The van der Waals surface area contributed by atoms with Crippen molar-refractivity contribution < 1.29 is 17.9 Å². The third-order valence-corrected chi connectivity index (χ3v) is 3.34. The summed E-state index contributed by atoms with van der Waals surface area (Å²) in [6.07, 6.45) is 2.18. The van der Waals surface area contributed by atoms with Crippen molar-refractivity contribution in [3.8, 4) is 0 Å². The molecule has 1 heterocycles. The Morgan fingerprint density at radius 1 is 1.17 bits per heavy atom. The molecule has 1 aliphatic heterocycles. The first-order chi connectivity index (χ1) is 8.58. The molecular formula is C13H16F3NO. The summed E-state index contributed by atoms with van der Waals surface area (Å²) in [5.41, 5.74) is 5.61. The lowest BCUT2D eigenvalue weighted by atomic mass is 9.89. The topological polar surface area (TPSA) is 35.2 Å². The van der Waals surface area contributed by atoms with Gasteiger partial charge in [-0.15, -0.1) is 0 Å². The molecule has 100 valence electrons. The third kappa shape index (κ3) is 3.03. The Balaban J connectivity index is 2.10. The Labute approximate surface area is 104 Å². The first kappa shape index (κ1) is 13.4. The van der Waals surface area contributed by atoms with Gasteiger partial charge >= 0.3 is 0 Å². The van der Waals surface area contributed by atoms with Gasteiger partial charge in [-0.05, 0) is 25.2 Å². The highest BCUT2D eigenvalue weighted by molar-refractivity contribution is 5.24. The van der Waals surface area contributed by atoms with Gasteiger partial charge in [0.2, 0.25) is 0 Å². The number of hydrogen-bond acceptors (Lipinski definition) is 2. The van der Waals surface area contributed by atoms with E-state index in [1.54, 1.807) is 0 Å². The summed E-state index contributed by atoms with van der Waals surface area (Å²) in [6, 6.07) is 0.596. The van der Waals surface area contributed by atoms with E-state index in [0.717, 1.165) is 12.8 Å². The van der Waals surface area contributed by atoms with E-state index in [-0.39, 0.29) is 5.56 Å². The maximum Gasteiger partial charge on any atom is 0.133 e. The average molecular weight is 259 g/mol. The van der Waals surface area contributed by atoms with Crippen LogP contribution in [0.2, 0.25) is 0 Å². The Bertz CT molecular complexity index is 396. The molecule has 0 amide bonds. The van der Waals surface area contributed by atoms with Crippen molar-refractivity contribution in [2.24, 2.45) is 11.7 Å². The zero-order chi connectivity index (χ0) is 13.1. The fourth-order valence-corrected chi connectivity index (χ4v) is 2.37. The second-order valence-electron chi connectivity index (χ2n) is 4.68. The van der Waals surface area contributed by atoms with Crippen molar-refractivity contribution in [1.82, 2.24) is 0 Å². The molecule has 1 aliphatic rings. The molecule has 2 N–H and O–H groups in total. The number of rotatable bonds is 3. The van der Waals surface area contributed by atoms with Crippen molar-refractivity contribution in [1.29, 1.82) is 0 Å². The minimum Gasteiger partial charge on any atom is -0.381 e. The predicted octanol–water partition coefficient (Wildman–Crippen LogP) is 2.92. The zero-order valence-corrected chi connectivity index (χ0v) is 9.96. The second-order valence-corrected chi connectivity index (χ2v) is 4.68. The summed E-state index contributed by atoms with van der Waals surface area (Å²) in [6.45, 7) is 1.32. The van der Waals surface area contributed by atoms with Gasteiger partial charge in [0, 0.05) is 37.0 Å². The van der Waals surface area contributed by atoms with Crippen LogP contribution in [0.4, 0.5) is 13.2 Å². The SMILES string of the molecule is NC(CC1CCOCC1)c1c(F)cc(F)cc1F. The number of halogens is 3. The first-order valence-corrected chi connectivity index (χ1v) is 6.05. The van der Waals surface area contributed by atoms with Crippen molar-refractivity contribution in [3.63, 3.8) is 0 Å². The summed E-state index contributed by atoms with van der Waals surface area (Å²) in [5, 5.41) is 0. The fraction of sp³-hybridized carbons (Fsp3) is 0.538. The van der Waals surface area contributed by atoms with Crippen molar-refractivity contribution >= 4 is 0 Å². The number of nitrogens with two attached hydrogens (primary N) is 1. The molecule has 1 atom stereocenters. The maximum absolute atomic E-state index is 13.5. The molecule has 1 aromatic carbocycles. The van der Waals surface area contributed by atoms with Crippen LogP contribution in [0.5, 0.6) is 0 Å². The maximum atomic E-state index is 13.5. The van der Waals surface area contributed by atoms with E-state index in [1.165, 1.54) is 0 Å². The Morgan fingerprint density at radius 3 is 2.28 bits per heavy atom. The van der Waals surface area contributed by atoms with Crippen molar-refractivity contribution in [2.75, 3.05) is 13.2 Å². The predicted molar refractivity (Wildman–Crippen MR) is 61.4 cm³/mol. The molecule has 0 spiro atoms. The molecule has 0 saturated carbocycles. The molecule has 1 fully saturated rings. The van der Waals surface area contributed by atoms with Crippen LogP contribution in [0.25, 0.3) is 0 Å². The van der Waals surface area contributed by atoms with Crippen LogP contribution in [0.15, 0.2) is 12.1 Å². The fourth-order valence-electron chi connectivity index (χ4n) is 2.37. The number of benzene rings is 1.